The Morgan fingerprint density at radius 1 is 1.14 bits per heavy atom. The molecule has 0 unspecified atom stereocenters. The minimum Gasteiger partial charge on any atom is -0.369 e. The maximum absolute atomic E-state index is 6.20. The van der Waals surface area contributed by atoms with Crippen LogP contribution in [0.4, 0.5) is 5.82 Å². The second-order valence-electron chi connectivity index (χ2n) is 6.18. The molecule has 0 aliphatic rings. The van der Waals surface area contributed by atoms with Gasteiger partial charge in [-0.1, -0.05) is 69.6 Å². The number of benzene rings is 1. The normalized spacial score (nSPS) is 11.7. The van der Waals surface area contributed by atoms with Crippen LogP contribution in [0.3, 0.4) is 0 Å². The molecule has 2 aromatic rings. The second kappa shape index (κ2) is 6.44. The summed E-state index contributed by atoms with van der Waals surface area (Å²) in [7, 11) is 0. The van der Waals surface area contributed by atoms with E-state index in [1.807, 2.05) is 6.07 Å². The second-order valence-corrected chi connectivity index (χ2v) is 6.54. The van der Waals surface area contributed by atoms with Crippen molar-refractivity contribution >= 4 is 17.4 Å². The van der Waals surface area contributed by atoms with Gasteiger partial charge in [-0.15, -0.1) is 0 Å². The lowest BCUT2D eigenvalue weighted by Gasteiger charge is -2.27. The predicted octanol–water partition coefficient (Wildman–Crippen LogP) is 4.64. The zero-order chi connectivity index (χ0) is 15.5. The molecule has 1 heterocycles. The fraction of sp³-hybridized carbons (Fsp3) is 0.412. The van der Waals surface area contributed by atoms with Gasteiger partial charge in [-0.05, 0) is 11.5 Å². The molecule has 0 radical (unpaired) electrons. The molecule has 1 N–H and O–H groups in total. The number of anilines is 1. The molecule has 0 saturated heterocycles. The van der Waals surface area contributed by atoms with Crippen LogP contribution in [-0.4, -0.2) is 16.5 Å². The van der Waals surface area contributed by atoms with Crippen LogP contribution >= 0.6 is 11.6 Å². The van der Waals surface area contributed by atoms with E-state index in [1.54, 1.807) is 0 Å². The van der Waals surface area contributed by atoms with E-state index >= 15 is 0 Å². The van der Waals surface area contributed by atoms with Gasteiger partial charge < -0.3 is 5.32 Å². The minimum absolute atomic E-state index is 0.00688. The van der Waals surface area contributed by atoms with Crippen LogP contribution in [0.15, 0.2) is 36.7 Å². The maximum atomic E-state index is 6.20. The van der Waals surface area contributed by atoms with Crippen molar-refractivity contribution in [1.29, 1.82) is 0 Å². The maximum Gasteiger partial charge on any atom is 0.138 e. The molecule has 0 bridgehead atoms. The van der Waals surface area contributed by atoms with E-state index in [0.29, 0.717) is 5.15 Å². The standard InChI is InChI=1S/C17H22ClN3/c1-12(2)14-15(18)20-11-21-16(14)19-10-17(3,4)13-8-6-5-7-9-13/h5-9,11-12H,10H2,1-4H3,(H,19,20,21). The van der Waals surface area contributed by atoms with Crippen molar-refractivity contribution in [3.8, 4) is 0 Å². The fourth-order valence-electron chi connectivity index (χ4n) is 2.32. The van der Waals surface area contributed by atoms with Gasteiger partial charge in [-0.3, -0.25) is 0 Å². The highest BCUT2D eigenvalue weighted by Gasteiger charge is 2.22. The van der Waals surface area contributed by atoms with Crippen molar-refractivity contribution in [2.75, 3.05) is 11.9 Å². The first-order valence-electron chi connectivity index (χ1n) is 7.21. The van der Waals surface area contributed by atoms with Crippen LogP contribution in [0, 0.1) is 0 Å². The summed E-state index contributed by atoms with van der Waals surface area (Å²) in [6, 6.07) is 10.5. The van der Waals surface area contributed by atoms with E-state index in [-0.39, 0.29) is 11.3 Å². The molecular formula is C17H22ClN3. The summed E-state index contributed by atoms with van der Waals surface area (Å²) < 4.78 is 0. The highest BCUT2D eigenvalue weighted by molar-refractivity contribution is 6.30. The third-order valence-corrected chi connectivity index (χ3v) is 3.97. The Morgan fingerprint density at radius 3 is 2.43 bits per heavy atom. The molecular weight excluding hydrogens is 282 g/mol. The molecule has 21 heavy (non-hydrogen) atoms. The van der Waals surface area contributed by atoms with Crippen LogP contribution in [0.5, 0.6) is 0 Å². The van der Waals surface area contributed by atoms with Gasteiger partial charge in [0.15, 0.2) is 0 Å². The number of nitrogens with one attached hydrogen (secondary N) is 1. The lowest BCUT2D eigenvalue weighted by atomic mass is 9.84. The van der Waals surface area contributed by atoms with E-state index in [1.165, 1.54) is 11.9 Å². The van der Waals surface area contributed by atoms with Crippen molar-refractivity contribution in [3.05, 3.63) is 52.9 Å². The van der Waals surface area contributed by atoms with Crippen LogP contribution in [0.25, 0.3) is 0 Å². The van der Waals surface area contributed by atoms with Gasteiger partial charge in [0, 0.05) is 17.5 Å². The molecule has 112 valence electrons. The average Bonchev–Trinajstić information content (AvgIpc) is 2.46. The molecule has 2 rings (SSSR count). The van der Waals surface area contributed by atoms with E-state index < -0.39 is 0 Å². The number of hydrogen-bond donors (Lipinski definition) is 1. The lowest BCUT2D eigenvalue weighted by Crippen LogP contribution is -2.28. The Labute approximate surface area is 131 Å². The van der Waals surface area contributed by atoms with Gasteiger partial charge in [0.25, 0.3) is 0 Å². The van der Waals surface area contributed by atoms with Crippen LogP contribution < -0.4 is 5.32 Å². The van der Waals surface area contributed by atoms with E-state index in [2.05, 4.69) is 67.2 Å². The van der Waals surface area contributed by atoms with Gasteiger partial charge in [-0.2, -0.15) is 0 Å². The van der Waals surface area contributed by atoms with E-state index in [4.69, 9.17) is 11.6 Å². The van der Waals surface area contributed by atoms with Crippen molar-refractivity contribution in [2.24, 2.45) is 0 Å². The largest absolute Gasteiger partial charge is 0.369 e. The molecule has 4 heteroatoms. The molecule has 0 fully saturated rings. The number of rotatable bonds is 5. The third kappa shape index (κ3) is 3.73. The molecule has 0 aliphatic carbocycles. The predicted molar refractivity (Wildman–Crippen MR) is 89.1 cm³/mol. The topological polar surface area (TPSA) is 37.8 Å². The number of halogens is 1. The summed E-state index contributed by atoms with van der Waals surface area (Å²) in [6.07, 6.45) is 1.51. The fourth-order valence-corrected chi connectivity index (χ4v) is 2.67. The number of hydrogen-bond acceptors (Lipinski definition) is 3. The summed E-state index contributed by atoms with van der Waals surface area (Å²) >= 11 is 6.20. The molecule has 3 nitrogen and oxygen atoms in total. The Hall–Kier alpha value is -1.61. The lowest BCUT2D eigenvalue weighted by molar-refractivity contribution is 0.555. The number of aromatic nitrogens is 2. The first-order chi connectivity index (χ1) is 9.92. The van der Waals surface area contributed by atoms with Gasteiger partial charge in [-0.25, -0.2) is 9.97 Å². The third-order valence-electron chi connectivity index (χ3n) is 3.67. The molecule has 0 atom stereocenters. The van der Waals surface area contributed by atoms with E-state index in [0.717, 1.165) is 17.9 Å². The highest BCUT2D eigenvalue weighted by Crippen LogP contribution is 2.29. The van der Waals surface area contributed by atoms with Gasteiger partial charge >= 0.3 is 0 Å². The summed E-state index contributed by atoms with van der Waals surface area (Å²) in [5.74, 6) is 1.11. The molecule has 1 aromatic carbocycles. The average molecular weight is 304 g/mol. The first kappa shape index (κ1) is 15.8. The zero-order valence-electron chi connectivity index (χ0n) is 13.0. The van der Waals surface area contributed by atoms with Crippen LogP contribution in [0.1, 0.15) is 44.7 Å². The minimum atomic E-state index is 0.00688. The first-order valence-corrected chi connectivity index (χ1v) is 7.59. The van der Waals surface area contributed by atoms with Crippen LogP contribution in [0.2, 0.25) is 5.15 Å². The Morgan fingerprint density at radius 2 is 1.81 bits per heavy atom. The molecule has 0 saturated carbocycles. The van der Waals surface area contributed by atoms with Crippen LogP contribution in [-0.2, 0) is 5.41 Å². The smallest absolute Gasteiger partial charge is 0.138 e. The van der Waals surface area contributed by atoms with Crippen molar-refractivity contribution in [1.82, 2.24) is 9.97 Å². The summed E-state index contributed by atoms with van der Waals surface area (Å²) in [6.45, 7) is 9.40. The Balaban J connectivity index is 2.19. The van der Waals surface area contributed by atoms with E-state index in [9.17, 15) is 0 Å². The van der Waals surface area contributed by atoms with Gasteiger partial charge in [0.2, 0.25) is 0 Å². The Bertz CT molecular complexity index is 594. The number of nitrogens with zero attached hydrogens (tertiary/aromatic N) is 2. The van der Waals surface area contributed by atoms with Gasteiger partial charge in [0.1, 0.15) is 17.3 Å². The molecule has 1 aromatic heterocycles. The summed E-state index contributed by atoms with van der Waals surface area (Å²) in [5.41, 5.74) is 2.28. The van der Waals surface area contributed by atoms with Crippen molar-refractivity contribution < 1.29 is 0 Å². The summed E-state index contributed by atoms with van der Waals surface area (Å²) in [5, 5.41) is 3.97. The summed E-state index contributed by atoms with van der Waals surface area (Å²) in [4.78, 5) is 8.43. The van der Waals surface area contributed by atoms with Crippen molar-refractivity contribution in [2.45, 2.75) is 39.0 Å². The molecule has 0 aliphatic heterocycles. The molecule has 0 amide bonds. The Kier molecular flexibility index (Phi) is 4.84. The molecule has 0 spiro atoms. The quantitative estimate of drug-likeness (QED) is 0.817. The monoisotopic (exact) mass is 303 g/mol. The van der Waals surface area contributed by atoms with Gasteiger partial charge in [0.05, 0.1) is 0 Å². The zero-order valence-corrected chi connectivity index (χ0v) is 13.8. The van der Waals surface area contributed by atoms with Crippen molar-refractivity contribution in [3.63, 3.8) is 0 Å². The SMILES string of the molecule is CC(C)c1c(Cl)ncnc1NCC(C)(C)c1ccccc1. The highest BCUT2D eigenvalue weighted by atomic mass is 35.5.